The van der Waals surface area contributed by atoms with E-state index in [1.54, 1.807) is 13.0 Å². The van der Waals surface area contributed by atoms with E-state index in [2.05, 4.69) is 10.6 Å². The number of nitrogens with zero attached hydrogens (tertiary/aromatic N) is 1. The average Bonchev–Trinajstić information content (AvgIpc) is 2.56. The summed E-state index contributed by atoms with van der Waals surface area (Å²) in [4.78, 5) is 25.2. The zero-order chi connectivity index (χ0) is 17.0. The number of carbonyl (C=O) groups is 2. The number of nitrogens with one attached hydrogen (secondary N) is 2. The number of hydrogen-bond acceptors (Lipinski definition) is 4. The summed E-state index contributed by atoms with van der Waals surface area (Å²) in [6.07, 6.45) is -0.308. The van der Waals surface area contributed by atoms with E-state index in [1.165, 1.54) is 19.2 Å². The van der Waals surface area contributed by atoms with Gasteiger partial charge < -0.3 is 10.1 Å². The van der Waals surface area contributed by atoms with Gasteiger partial charge >= 0.3 is 6.03 Å². The second kappa shape index (κ2) is 7.72. The van der Waals surface area contributed by atoms with Gasteiger partial charge in [-0.15, -0.1) is 0 Å². The predicted octanol–water partition coefficient (Wildman–Crippen LogP) is 1.70. The smallest absolute Gasteiger partial charge is 0.321 e. The molecule has 2 atom stereocenters. The molecule has 0 spiro atoms. The molecule has 3 amide bonds. The molecular formula is C15H19ClFN3O3. The van der Waals surface area contributed by atoms with E-state index in [0.717, 1.165) is 5.56 Å². The average molecular weight is 344 g/mol. The number of hydrogen-bond donors (Lipinski definition) is 2. The minimum absolute atomic E-state index is 0.0358. The van der Waals surface area contributed by atoms with Crippen LogP contribution >= 0.6 is 11.6 Å². The molecular weight excluding hydrogens is 325 g/mol. The van der Waals surface area contributed by atoms with Gasteiger partial charge in [0, 0.05) is 20.1 Å². The fourth-order valence-electron chi connectivity index (χ4n) is 2.38. The van der Waals surface area contributed by atoms with Crippen LogP contribution in [0.1, 0.15) is 18.6 Å². The Morgan fingerprint density at radius 2 is 2.22 bits per heavy atom. The quantitative estimate of drug-likeness (QED) is 0.876. The summed E-state index contributed by atoms with van der Waals surface area (Å²) in [7, 11) is 1.44. The van der Waals surface area contributed by atoms with Crippen molar-refractivity contribution in [1.82, 2.24) is 15.5 Å². The first-order valence-corrected chi connectivity index (χ1v) is 7.63. The summed E-state index contributed by atoms with van der Waals surface area (Å²) in [6.45, 7) is 3.16. The van der Waals surface area contributed by atoms with Crippen LogP contribution in [0.5, 0.6) is 0 Å². The fourth-order valence-corrected chi connectivity index (χ4v) is 2.57. The van der Waals surface area contributed by atoms with Crippen molar-refractivity contribution < 1.29 is 18.7 Å². The second-order valence-corrected chi connectivity index (χ2v) is 5.68. The molecule has 1 aromatic carbocycles. The molecule has 126 valence electrons. The summed E-state index contributed by atoms with van der Waals surface area (Å²) in [5.74, 6) is -0.872. The Labute approximate surface area is 138 Å². The molecule has 1 aliphatic heterocycles. The normalized spacial score (nSPS) is 19.9. The highest BCUT2D eigenvalue weighted by molar-refractivity contribution is 6.30. The third kappa shape index (κ3) is 4.40. The van der Waals surface area contributed by atoms with Crippen LogP contribution in [0.2, 0.25) is 5.02 Å². The van der Waals surface area contributed by atoms with Crippen LogP contribution in [0.3, 0.4) is 0 Å². The van der Waals surface area contributed by atoms with Gasteiger partial charge in [-0.05, 0) is 24.6 Å². The lowest BCUT2D eigenvalue weighted by molar-refractivity contribution is -0.128. The third-order valence-electron chi connectivity index (χ3n) is 3.80. The number of halogens is 2. The lowest BCUT2D eigenvalue weighted by Crippen LogP contribution is -2.52. The van der Waals surface area contributed by atoms with Gasteiger partial charge in [0.25, 0.3) is 0 Å². The van der Waals surface area contributed by atoms with E-state index in [4.69, 9.17) is 16.3 Å². The number of carbonyl (C=O) groups excluding carboxylic acids is 2. The topological polar surface area (TPSA) is 70.7 Å². The Morgan fingerprint density at radius 1 is 1.48 bits per heavy atom. The monoisotopic (exact) mass is 343 g/mol. The number of imide groups is 1. The van der Waals surface area contributed by atoms with Crippen LogP contribution in [0.4, 0.5) is 9.18 Å². The Hall–Kier alpha value is -1.70. The van der Waals surface area contributed by atoms with Crippen molar-refractivity contribution in [3.63, 3.8) is 0 Å². The molecule has 8 heteroatoms. The molecule has 1 aromatic rings. The SMILES string of the molecule is CNC(=O)NC(=O)[C@H](C)N1CCO[C@H](c2ccc(F)c(Cl)c2)C1. The Bertz CT molecular complexity index is 599. The van der Waals surface area contributed by atoms with Gasteiger partial charge in [0.05, 0.1) is 23.8 Å². The van der Waals surface area contributed by atoms with Crippen LogP contribution in [-0.2, 0) is 9.53 Å². The van der Waals surface area contributed by atoms with Gasteiger partial charge in [-0.1, -0.05) is 17.7 Å². The summed E-state index contributed by atoms with van der Waals surface area (Å²) in [5, 5.41) is 4.63. The predicted molar refractivity (Wildman–Crippen MR) is 83.7 cm³/mol. The molecule has 1 fully saturated rings. The van der Waals surface area contributed by atoms with Crippen molar-refractivity contribution in [1.29, 1.82) is 0 Å². The summed E-state index contributed by atoms with van der Waals surface area (Å²) >= 11 is 5.80. The van der Waals surface area contributed by atoms with Gasteiger partial charge in [-0.3, -0.25) is 15.0 Å². The molecule has 0 aromatic heterocycles. The maximum Gasteiger partial charge on any atom is 0.321 e. The highest BCUT2D eigenvalue weighted by atomic mass is 35.5. The van der Waals surface area contributed by atoms with E-state index in [9.17, 15) is 14.0 Å². The van der Waals surface area contributed by atoms with Crippen molar-refractivity contribution in [2.45, 2.75) is 19.1 Å². The van der Waals surface area contributed by atoms with Gasteiger partial charge in [0.15, 0.2) is 0 Å². The molecule has 23 heavy (non-hydrogen) atoms. The van der Waals surface area contributed by atoms with Crippen molar-refractivity contribution in [3.05, 3.63) is 34.6 Å². The molecule has 2 rings (SSSR count). The van der Waals surface area contributed by atoms with Crippen molar-refractivity contribution >= 4 is 23.5 Å². The third-order valence-corrected chi connectivity index (χ3v) is 4.09. The summed E-state index contributed by atoms with van der Waals surface area (Å²) < 4.78 is 18.9. The van der Waals surface area contributed by atoms with Gasteiger partial charge in [-0.2, -0.15) is 0 Å². The molecule has 0 bridgehead atoms. The van der Waals surface area contributed by atoms with Crippen molar-refractivity contribution in [2.24, 2.45) is 0 Å². The van der Waals surface area contributed by atoms with E-state index in [-0.39, 0.29) is 17.0 Å². The van der Waals surface area contributed by atoms with Crippen LogP contribution < -0.4 is 10.6 Å². The first-order chi connectivity index (χ1) is 10.9. The Balaban J connectivity index is 2.03. The molecule has 0 unspecified atom stereocenters. The van der Waals surface area contributed by atoms with Crippen molar-refractivity contribution in [3.8, 4) is 0 Å². The van der Waals surface area contributed by atoms with Crippen LogP contribution in [0.15, 0.2) is 18.2 Å². The lowest BCUT2D eigenvalue weighted by Gasteiger charge is -2.36. The van der Waals surface area contributed by atoms with Crippen molar-refractivity contribution in [2.75, 3.05) is 26.7 Å². The molecule has 6 nitrogen and oxygen atoms in total. The Morgan fingerprint density at radius 3 is 2.87 bits per heavy atom. The molecule has 0 saturated carbocycles. The van der Waals surface area contributed by atoms with E-state index < -0.39 is 17.9 Å². The first kappa shape index (κ1) is 17.7. The van der Waals surface area contributed by atoms with Crippen LogP contribution in [0.25, 0.3) is 0 Å². The van der Waals surface area contributed by atoms with Crippen LogP contribution in [0, 0.1) is 5.82 Å². The zero-order valence-electron chi connectivity index (χ0n) is 12.9. The highest BCUT2D eigenvalue weighted by Crippen LogP contribution is 2.26. The standard InChI is InChI=1S/C15H19ClFN3O3/c1-9(14(21)19-15(22)18-2)20-5-6-23-13(8-20)10-3-4-12(17)11(16)7-10/h3-4,7,9,13H,5-6,8H2,1-2H3,(H2,18,19,21,22)/t9-,13-/m0/s1. The lowest BCUT2D eigenvalue weighted by atomic mass is 10.1. The molecule has 1 saturated heterocycles. The van der Waals surface area contributed by atoms with E-state index in [1.807, 2.05) is 4.90 Å². The van der Waals surface area contributed by atoms with Gasteiger partial charge in [0.2, 0.25) is 5.91 Å². The number of morpholine rings is 1. The van der Waals surface area contributed by atoms with E-state index in [0.29, 0.717) is 19.7 Å². The summed E-state index contributed by atoms with van der Waals surface area (Å²) in [5.41, 5.74) is 0.750. The largest absolute Gasteiger partial charge is 0.371 e. The molecule has 1 heterocycles. The number of ether oxygens (including phenoxy) is 1. The Kier molecular flexibility index (Phi) is 5.92. The molecule has 0 radical (unpaired) electrons. The van der Waals surface area contributed by atoms with E-state index >= 15 is 0 Å². The maximum atomic E-state index is 13.3. The number of urea groups is 1. The first-order valence-electron chi connectivity index (χ1n) is 7.25. The zero-order valence-corrected chi connectivity index (χ0v) is 13.7. The van der Waals surface area contributed by atoms with Gasteiger partial charge in [0.1, 0.15) is 5.82 Å². The molecule has 2 N–H and O–H groups in total. The number of amides is 3. The highest BCUT2D eigenvalue weighted by Gasteiger charge is 2.29. The molecule has 1 aliphatic rings. The minimum atomic E-state index is -0.544. The van der Waals surface area contributed by atoms with Crippen LogP contribution in [-0.4, -0.2) is 49.6 Å². The summed E-state index contributed by atoms with van der Waals surface area (Å²) in [6, 6.07) is 3.40. The molecule has 0 aliphatic carbocycles. The fraction of sp³-hybridized carbons (Fsp3) is 0.467. The minimum Gasteiger partial charge on any atom is -0.371 e. The second-order valence-electron chi connectivity index (χ2n) is 5.27. The van der Waals surface area contributed by atoms with Gasteiger partial charge in [-0.25, -0.2) is 9.18 Å². The number of benzene rings is 1. The number of rotatable bonds is 3. The maximum absolute atomic E-state index is 13.3.